The predicted molar refractivity (Wildman–Crippen MR) is 126 cm³/mol. The molecular weight excluding hydrogens is 448 g/mol. The zero-order valence-electron chi connectivity index (χ0n) is 18.4. The van der Waals surface area contributed by atoms with Crippen LogP contribution in [0.5, 0.6) is 5.75 Å². The summed E-state index contributed by atoms with van der Waals surface area (Å²) in [6.45, 7) is 2.60. The van der Waals surface area contributed by atoms with E-state index < -0.39 is 16.1 Å². The number of ether oxygens (including phenoxy) is 2. The van der Waals surface area contributed by atoms with Crippen molar-refractivity contribution in [1.29, 1.82) is 0 Å². The number of non-ortho nitro benzene ring substituents is 1. The van der Waals surface area contributed by atoms with Crippen LogP contribution in [0.1, 0.15) is 12.0 Å². The highest BCUT2D eigenvalue weighted by molar-refractivity contribution is 8.15. The van der Waals surface area contributed by atoms with Crippen LogP contribution in [-0.4, -0.2) is 59.4 Å². The highest BCUT2D eigenvalue weighted by Gasteiger charge is 2.39. The first-order valence-electron chi connectivity index (χ1n) is 10.1. The van der Waals surface area contributed by atoms with Crippen LogP contribution >= 0.6 is 11.8 Å². The molecule has 33 heavy (non-hydrogen) atoms. The topological polar surface area (TPSA) is 123 Å². The SMILES string of the molecule is COCCN1C(=O)C(CC(=O)Nc2cc([N+](=O)[O-])ccc2OC)SC1=Nc1ccc(C)cc1. The molecule has 1 fully saturated rings. The molecular formula is C22H24N4O6S. The minimum atomic E-state index is -0.684. The van der Waals surface area contributed by atoms with Crippen molar-refractivity contribution in [2.75, 3.05) is 32.7 Å². The molecule has 11 heteroatoms. The molecule has 1 atom stereocenters. The van der Waals surface area contributed by atoms with Crippen molar-refractivity contribution in [3.8, 4) is 5.75 Å². The van der Waals surface area contributed by atoms with Gasteiger partial charge in [0.05, 0.1) is 36.6 Å². The van der Waals surface area contributed by atoms with Gasteiger partial charge in [-0.25, -0.2) is 4.99 Å². The Balaban J connectivity index is 1.77. The van der Waals surface area contributed by atoms with Gasteiger partial charge in [0.25, 0.3) is 5.69 Å². The smallest absolute Gasteiger partial charge is 0.271 e. The first kappa shape index (κ1) is 24.2. The summed E-state index contributed by atoms with van der Waals surface area (Å²) in [5.74, 6) is -0.435. The van der Waals surface area contributed by atoms with Crippen molar-refractivity contribution in [1.82, 2.24) is 4.90 Å². The molecule has 0 radical (unpaired) electrons. The second-order valence-electron chi connectivity index (χ2n) is 7.21. The Hall–Kier alpha value is -3.44. The van der Waals surface area contributed by atoms with E-state index in [2.05, 4.69) is 10.3 Å². The summed E-state index contributed by atoms with van der Waals surface area (Å²) in [6, 6.07) is 11.5. The largest absolute Gasteiger partial charge is 0.495 e. The second-order valence-corrected chi connectivity index (χ2v) is 8.38. The number of nitrogens with one attached hydrogen (secondary N) is 1. The van der Waals surface area contributed by atoms with Gasteiger partial charge in [-0.05, 0) is 25.1 Å². The summed E-state index contributed by atoms with van der Waals surface area (Å²) in [5, 5.41) is 13.5. The number of aliphatic imine (C=N–C) groups is 1. The Morgan fingerprint density at radius 2 is 1.97 bits per heavy atom. The summed E-state index contributed by atoms with van der Waals surface area (Å²) in [6.07, 6.45) is -0.133. The normalized spacial score (nSPS) is 16.8. The molecule has 1 aliphatic heterocycles. The highest BCUT2D eigenvalue weighted by Crippen LogP contribution is 2.33. The van der Waals surface area contributed by atoms with Crippen LogP contribution in [-0.2, 0) is 14.3 Å². The van der Waals surface area contributed by atoms with Crippen LogP contribution in [0, 0.1) is 17.0 Å². The number of methoxy groups -OCH3 is 2. The molecule has 2 aromatic rings. The number of anilines is 1. The van der Waals surface area contributed by atoms with Crippen LogP contribution in [0.2, 0.25) is 0 Å². The van der Waals surface area contributed by atoms with E-state index in [1.165, 1.54) is 42.0 Å². The van der Waals surface area contributed by atoms with E-state index >= 15 is 0 Å². The minimum absolute atomic E-state index is 0.133. The number of carbonyl (C=O) groups is 2. The number of rotatable bonds is 9. The Labute approximate surface area is 195 Å². The molecule has 0 aromatic heterocycles. The standard InChI is InChI=1S/C22H24N4O6S/c1-14-4-6-15(7-5-14)23-22-25(10-11-31-2)21(28)19(33-22)13-20(27)24-17-12-16(26(29)30)8-9-18(17)32-3/h4-9,12,19H,10-11,13H2,1-3H3,(H,24,27). The molecule has 1 N–H and O–H groups in total. The van der Waals surface area contributed by atoms with Gasteiger partial charge >= 0.3 is 0 Å². The number of nitro benzene ring substituents is 1. The number of thioether (sulfide) groups is 1. The van der Waals surface area contributed by atoms with Crippen molar-refractivity contribution >= 4 is 45.8 Å². The quantitative estimate of drug-likeness (QED) is 0.437. The van der Waals surface area contributed by atoms with Gasteiger partial charge in [-0.1, -0.05) is 29.5 Å². The fourth-order valence-electron chi connectivity index (χ4n) is 3.12. The molecule has 0 bridgehead atoms. The fraction of sp³-hybridized carbons (Fsp3) is 0.318. The summed E-state index contributed by atoms with van der Waals surface area (Å²) in [4.78, 5) is 42.3. The molecule has 0 aliphatic carbocycles. The third-order valence-corrected chi connectivity index (χ3v) is 6.01. The van der Waals surface area contributed by atoms with Crippen molar-refractivity contribution < 1.29 is 24.0 Å². The van der Waals surface area contributed by atoms with Crippen molar-refractivity contribution in [3.05, 3.63) is 58.1 Å². The summed E-state index contributed by atoms with van der Waals surface area (Å²) >= 11 is 1.20. The second kappa shape index (κ2) is 10.9. The predicted octanol–water partition coefficient (Wildman–Crippen LogP) is 3.52. The minimum Gasteiger partial charge on any atom is -0.495 e. The van der Waals surface area contributed by atoms with Crippen LogP contribution < -0.4 is 10.1 Å². The Morgan fingerprint density at radius 3 is 2.61 bits per heavy atom. The zero-order valence-corrected chi connectivity index (χ0v) is 19.3. The van der Waals surface area contributed by atoms with Gasteiger partial charge in [0.1, 0.15) is 11.0 Å². The van der Waals surface area contributed by atoms with Gasteiger partial charge in [0.2, 0.25) is 11.8 Å². The lowest BCUT2D eigenvalue weighted by Crippen LogP contribution is -2.35. The first-order chi connectivity index (χ1) is 15.8. The molecule has 1 aliphatic rings. The molecule has 1 unspecified atom stereocenters. The Kier molecular flexibility index (Phi) is 8.01. The van der Waals surface area contributed by atoms with E-state index in [-0.39, 0.29) is 29.5 Å². The van der Waals surface area contributed by atoms with Gasteiger partial charge in [-0.15, -0.1) is 0 Å². The number of hydrogen-bond acceptors (Lipinski definition) is 8. The number of hydrogen-bond donors (Lipinski definition) is 1. The third-order valence-electron chi connectivity index (χ3n) is 4.84. The number of aryl methyl sites for hydroxylation is 1. The van der Waals surface area contributed by atoms with Crippen molar-refractivity contribution in [2.45, 2.75) is 18.6 Å². The van der Waals surface area contributed by atoms with Gasteiger partial charge in [-0.2, -0.15) is 0 Å². The number of nitro groups is 1. The maximum absolute atomic E-state index is 13.0. The highest BCUT2D eigenvalue weighted by atomic mass is 32.2. The van der Waals surface area contributed by atoms with E-state index in [0.717, 1.165) is 5.56 Å². The van der Waals surface area contributed by atoms with Gasteiger partial charge in [-0.3, -0.25) is 24.6 Å². The summed E-state index contributed by atoms with van der Waals surface area (Å²) < 4.78 is 10.3. The molecule has 174 valence electrons. The monoisotopic (exact) mass is 472 g/mol. The third kappa shape index (κ3) is 6.08. The van der Waals surface area contributed by atoms with Crippen molar-refractivity contribution in [2.24, 2.45) is 4.99 Å². The van der Waals surface area contributed by atoms with Crippen LogP contribution in [0.4, 0.5) is 17.1 Å². The molecule has 2 aromatic carbocycles. The maximum Gasteiger partial charge on any atom is 0.271 e. The van der Waals surface area contributed by atoms with E-state index in [9.17, 15) is 19.7 Å². The lowest BCUT2D eigenvalue weighted by Gasteiger charge is -2.16. The zero-order chi connectivity index (χ0) is 24.0. The number of benzene rings is 2. The van der Waals surface area contributed by atoms with E-state index in [1.54, 1.807) is 7.11 Å². The average molecular weight is 473 g/mol. The van der Waals surface area contributed by atoms with Crippen molar-refractivity contribution in [3.63, 3.8) is 0 Å². The van der Waals surface area contributed by atoms with E-state index in [1.807, 2.05) is 31.2 Å². The van der Waals surface area contributed by atoms with Crippen LogP contribution in [0.25, 0.3) is 0 Å². The Morgan fingerprint density at radius 1 is 1.24 bits per heavy atom. The summed E-state index contributed by atoms with van der Waals surface area (Å²) in [5.41, 5.74) is 1.77. The van der Waals surface area contributed by atoms with Gasteiger partial charge in [0.15, 0.2) is 5.17 Å². The molecule has 0 spiro atoms. The molecule has 2 amide bonds. The van der Waals surface area contributed by atoms with Crippen LogP contribution in [0.3, 0.4) is 0 Å². The molecule has 0 saturated carbocycles. The number of carbonyl (C=O) groups excluding carboxylic acids is 2. The molecule has 1 saturated heterocycles. The van der Waals surface area contributed by atoms with Gasteiger partial charge < -0.3 is 14.8 Å². The number of amides is 2. The molecule has 3 rings (SSSR count). The molecule has 1 heterocycles. The maximum atomic E-state index is 13.0. The number of nitrogens with zero attached hydrogens (tertiary/aromatic N) is 3. The lowest BCUT2D eigenvalue weighted by atomic mass is 10.2. The fourth-order valence-corrected chi connectivity index (χ4v) is 4.30. The van der Waals surface area contributed by atoms with Gasteiger partial charge in [0, 0.05) is 25.7 Å². The molecule has 10 nitrogen and oxygen atoms in total. The average Bonchev–Trinajstić information content (AvgIpc) is 3.07. The van der Waals surface area contributed by atoms with Crippen LogP contribution in [0.15, 0.2) is 47.5 Å². The first-order valence-corrected chi connectivity index (χ1v) is 10.9. The Bertz CT molecular complexity index is 1070. The number of amidine groups is 1. The van der Waals surface area contributed by atoms with E-state index in [4.69, 9.17) is 9.47 Å². The lowest BCUT2D eigenvalue weighted by molar-refractivity contribution is -0.384. The van der Waals surface area contributed by atoms with E-state index in [0.29, 0.717) is 24.0 Å². The summed E-state index contributed by atoms with van der Waals surface area (Å²) in [7, 11) is 2.94.